The molecule has 38 heavy (non-hydrogen) atoms. The van der Waals surface area contributed by atoms with Gasteiger partial charge in [0.2, 0.25) is 5.91 Å². The van der Waals surface area contributed by atoms with Crippen LogP contribution in [0.25, 0.3) is 0 Å². The fourth-order valence-corrected chi connectivity index (χ4v) is 5.61. The van der Waals surface area contributed by atoms with Crippen LogP contribution in [0.2, 0.25) is 0 Å². The number of fused-ring (bicyclic) bond motifs is 1. The summed E-state index contributed by atoms with van der Waals surface area (Å²) in [6.07, 6.45) is 0.378. The molecule has 0 saturated carbocycles. The van der Waals surface area contributed by atoms with Gasteiger partial charge in [-0.2, -0.15) is 11.8 Å². The van der Waals surface area contributed by atoms with E-state index in [-0.39, 0.29) is 48.3 Å². The molecule has 0 aromatic heterocycles. The van der Waals surface area contributed by atoms with Crippen LogP contribution in [0, 0.1) is 20.2 Å². The van der Waals surface area contributed by atoms with Crippen molar-refractivity contribution in [1.29, 1.82) is 0 Å². The monoisotopic (exact) mass is 544 g/mol. The molecule has 2 aromatic carbocycles. The molecule has 13 nitrogen and oxygen atoms in total. The van der Waals surface area contributed by atoms with Gasteiger partial charge >= 0.3 is 12.1 Å². The van der Waals surface area contributed by atoms with Crippen molar-refractivity contribution in [3.05, 3.63) is 79.9 Å². The lowest BCUT2D eigenvalue weighted by atomic mass is 10.0. The summed E-state index contributed by atoms with van der Waals surface area (Å²) in [4.78, 5) is 59.0. The Balaban J connectivity index is 1.21. The van der Waals surface area contributed by atoms with E-state index in [0.717, 1.165) is 0 Å². The van der Waals surface area contributed by atoms with Gasteiger partial charge in [-0.05, 0) is 41.8 Å². The first-order chi connectivity index (χ1) is 18.2. The van der Waals surface area contributed by atoms with E-state index in [1.807, 2.05) is 0 Å². The normalized spacial score (nSPS) is 19.7. The molecular weight excluding hydrogens is 520 g/mol. The first kappa shape index (κ1) is 26.9. The number of ether oxygens (including phenoxy) is 2. The number of hydrogen-bond donors (Lipinski definition) is 1. The third-order valence-corrected chi connectivity index (χ3v) is 7.56. The SMILES string of the molecule is O=C(NCCSC1CC2CC(=O)N2[C@@H]1C(=O)OCc1ccc([N+](=O)[O-])cc1)OCc1ccc([N+](=O)[O-])cc1. The van der Waals surface area contributed by atoms with E-state index in [9.17, 15) is 34.6 Å². The number of amides is 2. The Morgan fingerprint density at radius 2 is 1.50 bits per heavy atom. The number of hydrogen-bond acceptors (Lipinski definition) is 10. The van der Waals surface area contributed by atoms with Gasteiger partial charge < -0.3 is 19.7 Å². The molecule has 2 aliphatic rings. The van der Waals surface area contributed by atoms with Crippen molar-refractivity contribution in [1.82, 2.24) is 10.2 Å². The minimum atomic E-state index is -0.738. The van der Waals surface area contributed by atoms with Crippen molar-refractivity contribution in [3.63, 3.8) is 0 Å². The van der Waals surface area contributed by atoms with E-state index >= 15 is 0 Å². The van der Waals surface area contributed by atoms with Crippen LogP contribution in [0.1, 0.15) is 24.0 Å². The molecule has 0 bridgehead atoms. The van der Waals surface area contributed by atoms with Crippen LogP contribution in [0.5, 0.6) is 0 Å². The standard InChI is InChI=1S/C24H24N4O9S/c29-21-12-19-11-20(22(26(19)21)23(30)36-13-15-1-5-17(6-2-15)27(32)33)38-10-9-25-24(31)37-14-16-3-7-18(8-4-16)28(34)35/h1-8,19-20,22H,9-14H2,(H,25,31)/t19?,20?,22-/m0/s1. The molecule has 2 aliphatic heterocycles. The van der Waals surface area contributed by atoms with Crippen LogP contribution in [0.15, 0.2) is 48.5 Å². The largest absolute Gasteiger partial charge is 0.459 e. The average Bonchev–Trinajstić information content (AvgIpc) is 3.20. The summed E-state index contributed by atoms with van der Waals surface area (Å²) in [7, 11) is 0. The number of carbonyl (C=O) groups excluding carboxylic acids is 3. The Bertz CT molecular complexity index is 1220. The summed E-state index contributed by atoms with van der Waals surface area (Å²) in [5.41, 5.74) is 1.08. The van der Waals surface area contributed by atoms with Gasteiger partial charge in [-0.1, -0.05) is 0 Å². The first-order valence-corrected chi connectivity index (χ1v) is 12.7. The topological polar surface area (TPSA) is 171 Å². The molecule has 3 atom stereocenters. The lowest BCUT2D eigenvalue weighted by Gasteiger charge is -2.37. The van der Waals surface area contributed by atoms with E-state index in [1.54, 1.807) is 4.90 Å². The molecule has 0 aliphatic carbocycles. The smallest absolute Gasteiger partial charge is 0.407 e. The van der Waals surface area contributed by atoms with Crippen molar-refractivity contribution < 1.29 is 33.7 Å². The highest BCUT2D eigenvalue weighted by Gasteiger charge is 2.54. The summed E-state index contributed by atoms with van der Waals surface area (Å²) in [6, 6.07) is 10.6. The first-order valence-electron chi connectivity index (χ1n) is 11.7. The number of benzene rings is 2. The summed E-state index contributed by atoms with van der Waals surface area (Å²) < 4.78 is 10.6. The van der Waals surface area contributed by atoms with Crippen LogP contribution in [0.4, 0.5) is 16.2 Å². The van der Waals surface area contributed by atoms with Crippen molar-refractivity contribution >= 4 is 41.1 Å². The summed E-state index contributed by atoms with van der Waals surface area (Å²) in [6.45, 7) is 0.157. The second-order valence-electron chi connectivity index (χ2n) is 8.71. The molecule has 0 spiro atoms. The number of rotatable bonds is 11. The number of nitro benzene ring substituents is 2. The fraction of sp³-hybridized carbons (Fsp3) is 0.375. The van der Waals surface area contributed by atoms with Gasteiger partial charge in [-0.25, -0.2) is 9.59 Å². The molecule has 2 unspecified atom stereocenters. The maximum absolute atomic E-state index is 12.9. The number of nitro groups is 2. The molecule has 2 amide bonds. The predicted octanol–water partition coefficient (Wildman–Crippen LogP) is 2.95. The molecule has 4 rings (SSSR count). The van der Waals surface area contributed by atoms with Gasteiger partial charge in [-0.15, -0.1) is 0 Å². The summed E-state index contributed by atoms with van der Waals surface area (Å²) in [5, 5.41) is 23.9. The zero-order valence-corrected chi connectivity index (χ0v) is 20.8. The predicted molar refractivity (Wildman–Crippen MR) is 134 cm³/mol. The van der Waals surface area contributed by atoms with Crippen LogP contribution in [0.3, 0.4) is 0 Å². The number of non-ortho nitro benzene ring substituents is 2. The third kappa shape index (κ3) is 6.37. The maximum atomic E-state index is 12.9. The Morgan fingerprint density at radius 1 is 0.947 bits per heavy atom. The summed E-state index contributed by atoms with van der Waals surface area (Å²) in [5.74, 6) is -0.173. The molecule has 14 heteroatoms. The van der Waals surface area contributed by atoms with Crippen molar-refractivity contribution in [2.24, 2.45) is 0 Å². The minimum Gasteiger partial charge on any atom is -0.459 e. The highest BCUT2D eigenvalue weighted by Crippen LogP contribution is 2.41. The molecule has 2 aromatic rings. The second kappa shape index (κ2) is 11.9. The molecule has 2 fully saturated rings. The zero-order valence-electron chi connectivity index (χ0n) is 20.0. The second-order valence-corrected chi connectivity index (χ2v) is 10.1. The van der Waals surface area contributed by atoms with E-state index < -0.39 is 28.0 Å². The van der Waals surface area contributed by atoms with E-state index in [4.69, 9.17) is 9.47 Å². The number of alkyl carbamates (subject to hydrolysis) is 1. The van der Waals surface area contributed by atoms with Crippen LogP contribution < -0.4 is 5.32 Å². The highest BCUT2D eigenvalue weighted by atomic mass is 32.2. The number of carbonyl (C=O) groups is 3. The van der Waals surface area contributed by atoms with E-state index in [1.165, 1.54) is 60.3 Å². The Morgan fingerprint density at radius 3 is 2.03 bits per heavy atom. The third-order valence-electron chi connectivity index (χ3n) is 6.24. The molecule has 0 radical (unpaired) electrons. The quantitative estimate of drug-likeness (QED) is 0.146. The molecule has 200 valence electrons. The molecule has 1 N–H and O–H groups in total. The number of nitrogens with zero attached hydrogens (tertiary/aromatic N) is 3. The van der Waals surface area contributed by atoms with Gasteiger partial charge in [0.05, 0.1) is 9.85 Å². The number of esters is 1. The average molecular weight is 545 g/mol. The fourth-order valence-electron chi connectivity index (χ4n) is 4.31. The van der Waals surface area contributed by atoms with Gasteiger partial charge in [-0.3, -0.25) is 25.0 Å². The highest BCUT2D eigenvalue weighted by molar-refractivity contribution is 8.00. The Hall–Kier alpha value is -4.20. The lowest BCUT2D eigenvalue weighted by molar-refractivity contribution is -0.385. The van der Waals surface area contributed by atoms with Crippen LogP contribution in [-0.2, 0) is 32.3 Å². The summed E-state index contributed by atoms with van der Waals surface area (Å²) >= 11 is 1.45. The van der Waals surface area contributed by atoms with Gasteiger partial charge in [0, 0.05) is 54.3 Å². The van der Waals surface area contributed by atoms with Gasteiger partial charge in [0.25, 0.3) is 11.4 Å². The lowest BCUT2D eigenvalue weighted by Crippen LogP contribution is -2.55. The maximum Gasteiger partial charge on any atom is 0.407 e. The number of nitrogens with one attached hydrogen (secondary N) is 1. The molecular formula is C24H24N4O9S. The van der Waals surface area contributed by atoms with Crippen LogP contribution in [-0.4, -0.2) is 62.3 Å². The van der Waals surface area contributed by atoms with Crippen molar-refractivity contribution in [2.45, 2.75) is 43.4 Å². The number of β-lactam (4-membered cyclic amide) rings is 1. The van der Waals surface area contributed by atoms with Crippen LogP contribution >= 0.6 is 11.8 Å². The van der Waals surface area contributed by atoms with Gasteiger partial charge in [0.15, 0.2) is 0 Å². The molecule has 2 heterocycles. The zero-order chi connectivity index (χ0) is 27.2. The minimum absolute atomic E-state index is 0.0171. The Kier molecular flexibility index (Phi) is 8.41. The van der Waals surface area contributed by atoms with E-state index in [2.05, 4.69) is 5.32 Å². The molecule has 2 saturated heterocycles. The van der Waals surface area contributed by atoms with Crippen molar-refractivity contribution in [2.75, 3.05) is 12.3 Å². The van der Waals surface area contributed by atoms with E-state index in [0.29, 0.717) is 29.7 Å². The van der Waals surface area contributed by atoms with Gasteiger partial charge in [0.1, 0.15) is 19.3 Å². The number of thioether (sulfide) groups is 1. The van der Waals surface area contributed by atoms with Crippen molar-refractivity contribution in [3.8, 4) is 0 Å². The Labute approximate surface area is 220 Å².